The van der Waals surface area contributed by atoms with Gasteiger partial charge >= 0.3 is 0 Å². The number of nitrogens with zero attached hydrogens (tertiary/aromatic N) is 2. The predicted molar refractivity (Wildman–Crippen MR) is 82.2 cm³/mol. The van der Waals surface area contributed by atoms with Crippen LogP contribution in [0.15, 0.2) is 41.3 Å². The van der Waals surface area contributed by atoms with E-state index in [1.807, 2.05) is 29.1 Å². The minimum atomic E-state index is -0.112. The number of hydrogen-bond donors (Lipinski definition) is 1. The number of ether oxygens (including phenoxy) is 2. The Bertz CT molecular complexity index is 773. The fourth-order valence-corrected chi connectivity index (χ4v) is 2.73. The lowest BCUT2D eigenvalue weighted by molar-refractivity contribution is -0.0495. The Hall–Kier alpha value is -2.31. The summed E-state index contributed by atoms with van der Waals surface area (Å²) in [6.07, 6.45) is 6.00. The topological polar surface area (TPSA) is 75.4 Å². The van der Waals surface area contributed by atoms with E-state index in [2.05, 4.69) is 5.10 Å². The summed E-state index contributed by atoms with van der Waals surface area (Å²) in [6, 6.07) is 5.83. The van der Waals surface area contributed by atoms with Gasteiger partial charge in [0.15, 0.2) is 6.29 Å². The molecule has 1 saturated heterocycles. The summed E-state index contributed by atoms with van der Waals surface area (Å²) >= 11 is 0. The van der Waals surface area contributed by atoms with E-state index >= 15 is 0 Å². The molecule has 0 unspecified atom stereocenters. The predicted octanol–water partition coefficient (Wildman–Crippen LogP) is 2.64. The molecule has 0 bridgehead atoms. The van der Waals surface area contributed by atoms with Crippen molar-refractivity contribution >= 4 is 16.6 Å². The van der Waals surface area contributed by atoms with Crippen molar-refractivity contribution in [1.29, 1.82) is 0 Å². The average Bonchev–Trinajstić information content (AvgIpc) is 3.25. The number of hydrogen-bond acceptors (Lipinski definition) is 5. The van der Waals surface area contributed by atoms with Crippen LogP contribution in [-0.2, 0) is 16.0 Å². The molecule has 0 amide bonds. The van der Waals surface area contributed by atoms with Crippen LogP contribution in [0.2, 0.25) is 0 Å². The van der Waals surface area contributed by atoms with Crippen molar-refractivity contribution in [2.45, 2.75) is 19.3 Å². The Labute approximate surface area is 127 Å². The number of furan rings is 1. The van der Waals surface area contributed by atoms with Crippen molar-refractivity contribution in [2.75, 3.05) is 18.9 Å². The molecule has 0 aliphatic carbocycles. The zero-order valence-corrected chi connectivity index (χ0v) is 12.1. The molecule has 6 heteroatoms. The van der Waals surface area contributed by atoms with Gasteiger partial charge in [-0.1, -0.05) is 0 Å². The van der Waals surface area contributed by atoms with Gasteiger partial charge in [-0.05, 0) is 18.2 Å². The number of nitrogens with two attached hydrogens (primary N) is 1. The lowest BCUT2D eigenvalue weighted by Crippen LogP contribution is -2.12. The highest BCUT2D eigenvalue weighted by molar-refractivity contribution is 5.91. The van der Waals surface area contributed by atoms with E-state index in [9.17, 15) is 0 Å². The standard InChI is InChI=1S/C16H17N3O3/c17-14-7-12-9-19(3-1-16-21-5-6-22-16)18-15(12)8-13(14)11-2-4-20-10-11/h2,4,7-10,16H,1,3,5-6,17H2. The lowest BCUT2D eigenvalue weighted by atomic mass is 10.1. The number of aromatic nitrogens is 2. The Morgan fingerprint density at radius 2 is 2.14 bits per heavy atom. The summed E-state index contributed by atoms with van der Waals surface area (Å²) in [4.78, 5) is 0. The summed E-state index contributed by atoms with van der Waals surface area (Å²) in [5.74, 6) is 0. The highest BCUT2D eigenvalue weighted by atomic mass is 16.7. The van der Waals surface area contributed by atoms with Crippen LogP contribution >= 0.6 is 0 Å². The lowest BCUT2D eigenvalue weighted by Gasteiger charge is -2.07. The van der Waals surface area contributed by atoms with E-state index in [0.29, 0.717) is 13.2 Å². The van der Waals surface area contributed by atoms with Gasteiger partial charge in [-0.3, -0.25) is 4.68 Å². The van der Waals surface area contributed by atoms with E-state index in [0.717, 1.165) is 40.7 Å². The maximum Gasteiger partial charge on any atom is 0.159 e. The molecule has 4 rings (SSSR count). The largest absolute Gasteiger partial charge is 0.472 e. The second kappa shape index (κ2) is 5.47. The number of anilines is 1. The smallest absolute Gasteiger partial charge is 0.159 e. The van der Waals surface area contributed by atoms with Crippen LogP contribution in [0.3, 0.4) is 0 Å². The minimum Gasteiger partial charge on any atom is -0.472 e. The second-order valence-corrected chi connectivity index (χ2v) is 5.36. The zero-order valence-electron chi connectivity index (χ0n) is 12.1. The van der Waals surface area contributed by atoms with Gasteiger partial charge < -0.3 is 19.6 Å². The Kier molecular flexibility index (Phi) is 3.32. The van der Waals surface area contributed by atoms with E-state index in [1.165, 1.54) is 0 Å². The molecule has 1 aliphatic heterocycles. The first kappa shape index (κ1) is 13.4. The normalized spacial score (nSPS) is 15.8. The zero-order chi connectivity index (χ0) is 14.9. The van der Waals surface area contributed by atoms with Gasteiger partial charge in [0.05, 0.1) is 31.3 Å². The first-order chi connectivity index (χ1) is 10.8. The number of rotatable bonds is 4. The van der Waals surface area contributed by atoms with Crippen LogP contribution in [-0.4, -0.2) is 29.3 Å². The molecular formula is C16H17N3O3. The van der Waals surface area contributed by atoms with Crippen LogP contribution in [0.25, 0.3) is 22.0 Å². The molecule has 22 heavy (non-hydrogen) atoms. The molecule has 3 aromatic rings. The van der Waals surface area contributed by atoms with Crippen LogP contribution < -0.4 is 5.73 Å². The van der Waals surface area contributed by atoms with Gasteiger partial charge in [0.1, 0.15) is 0 Å². The molecule has 1 aliphatic rings. The van der Waals surface area contributed by atoms with Crippen molar-refractivity contribution in [1.82, 2.24) is 9.78 Å². The quantitative estimate of drug-likeness (QED) is 0.750. The van der Waals surface area contributed by atoms with Crippen LogP contribution in [0.4, 0.5) is 5.69 Å². The third kappa shape index (κ3) is 2.47. The third-order valence-corrected chi connectivity index (χ3v) is 3.84. The minimum absolute atomic E-state index is 0.112. The van der Waals surface area contributed by atoms with Crippen LogP contribution in [0.1, 0.15) is 6.42 Å². The Morgan fingerprint density at radius 1 is 1.27 bits per heavy atom. The van der Waals surface area contributed by atoms with Gasteiger partial charge in [0, 0.05) is 41.4 Å². The van der Waals surface area contributed by atoms with E-state index in [4.69, 9.17) is 19.6 Å². The molecule has 1 aromatic carbocycles. The van der Waals surface area contributed by atoms with Crippen molar-refractivity contribution in [3.63, 3.8) is 0 Å². The number of benzene rings is 1. The SMILES string of the molecule is Nc1cc2cn(CCC3OCCO3)nc2cc1-c1ccoc1. The van der Waals surface area contributed by atoms with Crippen LogP contribution in [0.5, 0.6) is 0 Å². The summed E-state index contributed by atoms with van der Waals surface area (Å²) in [5.41, 5.74) is 9.67. The average molecular weight is 299 g/mol. The molecular weight excluding hydrogens is 282 g/mol. The molecule has 0 saturated carbocycles. The third-order valence-electron chi connectivity index (χ3n) is 3.84. The van der Waals surface area contributed by atoms with Crippen LogP contribution in [0, 0.1) is 0 Å². The molecule has 2 aromatic heterocycles. The fourth-order valence-electron chi connectivity index (χ4n) is 2.73. The van der Waals surface area contributed by atoms with Gasteiger partial charge in [0.25, 0.3) is 0 Å². The molecule has 114 valence electrons. The molecule has 0 spiro atoms. The van der Waals surface area contributed by atoms with Crippen molar-refractivity contribution in [3.8, 4) is 11.1 Å². The first-order valence-corrected chi connectivity index (χ1v) is 7.32. The molecule has 3 heterocycles. The number of aryl methyl sites for hydroxylation is 1. The summed E-state index contributed by atoms with van der Waals surface area (Å²) in [6.45, 7) is 2.10. The summed E-state index contributed by atoms with van der Waals surface area (Å²) in [7, 11) is 0. The van der Waals surface area contributed by atoms with Gasteiger partial charge in [-0.2, -0.15) is 5.10 Å². The van der Waals surface area contributed by atoms with Gasteiger partial charge in [-0.15, -0.1) is 0 Å². The maximum absolute atomic E-state index is 6.14. The number of nitrogen functional groups attached to an aromatic ring is 1. The monoisotopic (exact) mass is 299 g/mol. The summed E-state index contributed by atoms with van der Waals surface area (Å²) in [5, 5.41) is 5.63. The molecule has 6 nitrogen and oxygen atoms in total. The van der Waals surface area contributed by atoms with E-state index in [1.54, 1.807) is 12.5 Å². The van der Waals surface area contributed by atoms with Crippen molar-refractivity contribution in [2.24, 2.45) is 0 Å². The highest BCUT2D eigenvalue weighted by Gasteiger charge is 2.16. The molecule has 2 N–H and O–H groups in total. The van der Waals surface area contributed by atoms with Gasteiger partial charge in [0.2, 0.25) is 0 Å². The molecule has 1 fully saturated rings. The van der Waals surface area contributed by atoms with E-state index in [-0.39, 0.29) is 6.29 Å². The highest BCUT2D eigenvalue weighted by Crippen LogP contribution is 2.30. The first-order valence-electron chi connectivity index (χ1n) is 7.32. The maximum atomic E-state index is 6.14. The number of fused-ring (bicyclic) bond motifs is 1. The molecule has 0 atom stereocenters. The van der Waals surface area contributed by atoms with Gasteiger partial charge in [-0.25, -0.2) is 0 Å². The van der Waals surface area contributed by atoms with Crippen molar-refractivity contribution < 1.29 is 13.9 Å². The van der Waals surface area contributed by atoms with E-state index < -0.39 is 0 Å². The Morgan fingerprint density at radius 3 is 2.91 bits per heavy atom. The Balaban J connectivity index is 1.60. The van der Waals surface area contributed by atoms with Crippen molar-refractivity contribution in [3.05, 3.63) is 36.9 Å². The summed E-state index contributed by atoms with van der Waals surface area (Å²) < 4.78 is 17.9. The molecule has 0 radical (unpaired) electrons. The fraction of sp³-hybridized carbons (Fsp3) is 0.312. The second-order valence-electron chi connectivity index (χ2n) is 5.36.